The third-order valence-electron chi connectivity index (χ3n) is 11.2. The third kappa shape index (κ3) is 6.85. The van der Waals surface area contributed by atoms with Gasteiger partial charge in [-0.25, -0.2) is 4.98 Å². The number of carbonyl (C=O) groups is 2. The van der Waals surface area contributed by atoms with Gasteiger partial charge in [0.25, 0.3) is 11.8 Å². The van der Waals surface area contributed by atoms with Crippen LogP contribution in [0.25, 0.3) is 11.3 Å². The maximum absolute atomic E-state index is 15.1. The van der Waals surface area contributed by atoms with Crippen molar-refractivity contribution in [3.8, 4) is 17.0 Å². The number of hydrogen-bond acceptors (Lipinski definition) is 7. The number of amides is 2. The molecule has 1 atom stereocenters. The third-order valence-corrected chi connectivity index (χ3v) is 11.4. The normalized spacial score (nSPS) is 17.0. The Kier molecular flexibility index (Phi) is 9.91. The number of fused-ring (bicyclic) bond motifs is 2. The van der Waals surface area contributed by atoms with Crippen molar-refractivity contribution in [3.63, 3.8) is 0 Å². The number of aromatic nitrogens is 2. The van der Waals surface area contributed by atoms with Crippen LogP contribution in [0.3, 0.4) is 0 Å². The summed E-state index contributed by atoms with van der Waals surface area (Å²) in [6.45, 7) is 9.78. The lowest BCUT2D eigenvalue weighted by Crippen LogP contribution is -2.42. The van der Waals surface area contributed by atoms with Crippen LogP contribution in [-0.2, 0) is 30.7 Å². The number of likely N-dealkylation sites (N-methyl/N-ethyl adjacent to an activating group) is 1. The molecule has 0 aliphatic carbocycles. The molecular weight excluding hydrogens is 700 g/mol. The molecule has 3 aromatic carbocycles. The first-order chi connectivity index (χ1) is 26.2. The maximum atomic E-state index is 15.1. The molecule has 0 unspecified atom stereocenters. The van der Waals surface area contributed by atoms with E-state index in [1.165, 1.54) is 5.56 Å². The zero-order valence-corrected chi connectivity index (χ0v) is 31.7. The van der Waals surface area contributed by atoms with Crippen molar-refractivity contribution in [1.29, 1.82) is 0 Å². The first kappa shape index (κ1) is 35.8. The first-order valence-electron chi connectivity index (χ1n) is 18.7. The number of benzene rings is 3. The second kappa shape index (κ2) is 14.9. The Labute approximate surface area is 321 Å². The molecule has 0 radical (unpaired) electrons. The van der Waals surface area contributed by atoms with Crippen LogP contribution in [0.1, 0.15) is 50.0 Å². The van der Waals surface area contributed by atoms with E-state index >= 15 is 4.79 Å². The average molecular weight is 745 g/mol. The standard InChI is InChI=1S/C43H45ClN6O4/c1-28-22-30-6-4-5-7-32(30)27-49(28)42(52)37-13-8-33(44)24-39(37)40-25-38(29(2)48(40)17-16-47-18-20-54-21-19-47)43(53)50(34-9-11-36(51)12-10-34)35-23-31-14-15-46(3)41(31)45-26-35/h4-13,23-26,28,51H,14-22,27H2,1-3H3/t28-/m0/s1. The average Bonchev–Trinajstić information content (AvgIpc) is 3.72. The van der Waals surface area contributed by atoms with E-state index in [0.29, 0.717) is 59.4 Å². The van der Waals surface area contributed by atoms with E-state index in [0.717, 1.165) is 67.4 Å². The molecule has 2 amide bonds. The van der Waals surface area contributed by atoms with Crippen LogP contribution in [0.4, 0.5) is 17.2 Å². The topological polar surface area (TPSA) is 94.4 Å². The van der Waals surface area contributed by atoms with Gasteiger partial charge in [-0.3, -0.25) is 19.4 Å². The van der Waals surface area contributed by atoms with Gasteiger partial charge in [-0.05, 0) is 98.0 Å². The van der Waals surface area contributed by atoms with Gasteiger partial charge in [0.2, 0.25) is 0 Å². The first-order valence-corrected chi connectivity index (χ1v) is 19.1. The Bertz CT molecular complexity index is 2210. The number of halogens is 1. The van der Waals surface area contributed by atoms with E-state index in [9.17, 15) is 9.90 Å². The SMILES string of the molecule is Cc1c(C(=O)N(c2ccc(O)cc2)c2cnc3c(c2)CCN3C)cc(-c2cc(Cl)ccc2C(=O)N2Cc3ccccc3C[C@@H]2C)n1CCN1CCOCC1. The minimum Gasteiger partial charge on any atom is -0.508 e. The molecule has 0 spiro atoms. The number of phenols is 1. The van der Waals surface area contributed by atoms with Crippen LogP contribution in [0, 0.1) is 6.92 Å². The molecule has 8 rings (SSSR count). The highest BCUT2D eigenvalue weighted by Crippen LogP contribution is 2.38. The quantitative estimate of drug-likeness (QED) is 0.181. The molecule has 3 aliphatic rings. The summed E-state index contributed by atoms with van der Waals surface area (Å²) in [5, 5.41) is 10.7. The molecule has 0 bridgehead atoms. The summed E-state index contributed by atoms with van der Waals surface area (Å²) in [5.74, 6) is 0.704. The molecule has 10 nitrogen and oxygen atoms in total. The molecule has 11 heteroatoms. The zero-order chi connectivity index (χ0) is 37.5. The molecule has 278 valence electrons. The molecule has 1 fully saturated rings. The summed E-state index contributed by atoms with van der Waals surface area (Å²) < 4.78 is 7.78. The molecule has 3 aliphatic heterocycles. The van der Waals surface area contributed by atoms with E-state index in [-0.39, 0.29) is 23.6 Å². The van der Waals surface area contributed by atoms with E-state index in [2.05, 4.69) is 39.5 Å². The maximum Gasteiger partial charge on any atom is 0.264 e. The Morgan fingerprint density at radius 3 is 2.44 bits per heavy atom. The van der Waals surface area contributed by atoms with Gasteiger partial charge in [0.05, 0.1) is 30.7 Å². The number of morpholine rings is 1. The van der Waals surface area contributed by atoms with Gasteiger partial charge in [0.1, 0.15) is 11.6 Å². The van der Waals surface area contributed by atoms with Crippen molar-refractivity contribution in [1.82, 2.24) is 19.4 Å². The van der Waals surface area contributed by atoms with E-state index < -0.39 is 0 Å². The molecule has 2 aromatic heterocycles. The summed E-state index contributed by atoms with van der Waals surface area (Å²) in [6.07, 6.45) is 3.35. The lowest BCUT2D eigenvalue weighted by Gasteiger charge is -2.35. The number of anilines is 3. The minimum absolute atomic E-state index is 0.00231. The molecule has 1 N–H and O–H groups in total. The number of phenolic OH excluding ortho intramolecular Hbond substituents is 1. The van der Waals surface area contributed by atoms with E-state index in [1.807, 2.05) is 49.2 Å². The number of rotatable bonds is 8. The largest absolute Gasteiger partial charge is 0.508 e. The van der Waals surface area contributed by atoms with Gasteiger partial charge in [0.15, 0.2) is 0 Å². The van der Waals surface area contributed by atoms with Crippen molar-refractivity contribution in [2.24, 2.45) is 0 Å². The fraction of sp³-hybridized carbons (Fsp3) is 0.326. The summed E-state index contributed by atoms with van der Waals surface area (Å²) >= 11 is 6.73. The number of ether oxygens (including phenoxy) is 1. The van der Waals surface area contributed by atoms with Gasteiger partial charge in [-0.1, -0.05) is 35.9 Å². The predicted octanol–water partition coefficient (Wildman–Crippen LogP) is 7.11. The zero-order valence-electron chi connectivity index (χ0n) is 31.0. The number of hydrogen-bond donors (Lipinski definition) is 1. The summed E-state index contributed by atoms with van der Waals surface area (Å²) in [4.78, 5) is 42.6. The number of aromatic hydroxyl groups is 1. The van der Waals surface area contributed by atoms with Crippen LogP contribution in [-0.4, -0.2) is 88.8 Å². The number of carbonyl (C=O) groups excluding carboxylic acids is 2. The minimum atomic E-state index is -0.242. The second-order valence-corrected chi connectivity index (χ2v) is 15.0. The van der Waals surface area contributed by atoms with Crippen LogP contribution >= 0.6 is 11.6 Å². The Hall–Kier alpha value is -5.16. The van der Waals surface area contributed by atoms with Gasteiger partial charge < -0.3 is 24.2 Å². The summed E-state index contributed by atoms with van der Waals surface area (Å²) in [7, 11) is 2.02. The van der Waals surface area contributed by atoms with Crippen molar-refractivity contribution in [2.45, 2.75) is 45.8 Å². The van der Waals surface area contributed by atoms with Crippen molar-refractivity contribution in [2.75, 3.05) is 56.2 Å². The van der Waals surface area contributed by atoms with Gasteiger partial charge >= 0.3 is 0 Å². The monoisotopic (exact) mass is 744 g/mol. The number of pyridine rings is 1. The fourth-order valence-electron chi connectivity index (χ4n) is 8.10. The molecule has 5 aromatic rings. The van der Waals surface area contributed by atoms with Crippen molar-refractivity contribution >= 4 is 40.6 Å². The Morgan fingerprint density at radius 1 is 0.907 bits per heavy atom. The fourth-order valence-corrected chi connectivity index (χ4v) is 8.27. The summed E-state index contributed by atoms with van der Waals surface area (Å²) in [6, 6.07) is 24.3. The number of nitrogens with zero attached hydrogens (tertiary/aromatic N) is 6. The molecule has 54 heavy (non-hydrogen) atoms. The van der Waals surface area contributed by atoms with Crippen LogP contribution in [0.15, 0.2) is 85.1 Å². The lowest BCUT2D eigenvalue weighted by atomic mass is 9.93. The molecular formula is C43H45ClN6O4. The highest BCUT2D eigenvalue weighted by Gasteiger charge is 2.32. The molecule has 5 heterocycles. The van der Waals surface area contributed by atoms with Crippen LogP contribution < -0.4 is 9.80 Å². The van der Waals surface area contributed by atoms with Crippen LogP contribution in [0.2, 0.25) is 5.02 Å². The van der Waals surface area contributed by atoms with Gasteiger partial charge in [-0.2, -0.15) is 0 Å². The molecule has 1 saturated heterocycles. The van der Waals surface area contributed by atoms with Crippen LogP contribution in [0.5, 0.6) is 5.75 Å². The lowest BCUT2D eigenvalue weighted by molar-refractivity contribution is 0.0364. The highest BCUT2D eigenvalue weighted by atomic mass is 35.5. The Morgan fingerprint density at radius 2 is 1.67 bits per heavy atom. The van der Waals surface area contributed by atoms with Gasteiger partial charge in [0, 0.05) is 85.6 Å². The van der Waals surface area contributed by atoms with Gasteiger partial charge in [-0.15, -0.1) is 0 Å². The highest BCUT2D eigenvalue weighted by molar-refractivity contribution is 6.31. The smallest absolute Gasteiger partial charge is 0.264 e. The second-order valence-electron chi connectivity index (χ2n) is 14.6. The van der Waals surface area contributed by atoms with Crippen molar-refractivity contribution in [3.05, 3.63) is 124 Å². The molecule has 0 saturated carbocycles. The van der Waals surface area contributed by atoms with Crippen molar-refractivity contribution < 1.29 is 19.4 Å². The van der Waals surface area contributed by atoms with E-state index in [4.69, 9.17) is 21.3 Å². The summed E-state index contributed by atoms with van der Waals surface area (Å²) in [5.41, 5.74) is 7.98. The predicted molar refractivity (Wildman–Crippen MR) is 212 cm³/mol. The Balaban J connectivity index is 1.23. The van der Waals surface area contributed by atoms with E-state index in [1.54, 1.807) is 41.4 Å².